The molecule has 1 aliphatic carbocycles. The van der Waals surface area contributed by atoms with Gasteiger partial charge >= 0.3 is 0 Å². The Labute approximate surface area is 295 Å². The summed E-state index contributed by atoms with van der Waals surface area (Å²) in [4.78, 5) is 11.7. The predicted molar refractivity (Wildman–Crippen MR) is 214 cm³/mol. The Kier molecular flexibility index (Phi) is 6.75. The minimum atomic E-state index is 0.576. The number of hydrogen-bond acceptors (Lipinski definition) is 3. The van der Waals surface area contributed by atoms with Gasteiger partial charge in [-0.25, -0.2) is 4.98 Å². The molecule has 0 bridgehead atoms. The number of nitrogens with zero attached hydrogens (tertiary/aromatic N) is 2. The SMILES string of the molecule is CC1CC=Cc2c1sc1c(-c3cccc(-c4ccc(-c5cccc(-c6cnc7c8ccccc8c8ccccc8c7n6)c5)cc4)c3)cccc21. The Morgan fingerprint density at radius 3 is 1.84 bits per heavy atom. The van der Waals surface area contributed by atoms with Gasteiger partial charge in [-0.05, 0) is 74.2 Å². The predicted octanol–water partition coefficient (Wildman–Crippen LogP) is 13.3. The molecule has 1 unspecified atom stereocenters. The molecule has 7 aromatic carbocycles. The number of allylic oxidation sites excluding steroid dienone is 1. The summed E-state index contributed by atoms with van der Waals surface area (Å²) in [5, 5.41) is 6.05. The van der Waals surface area contributed by atoms with Crippen molar-refractivity contribution in [2.45, 2.75) is 19.3 Å². The van der Waals surface area contributed by atoms with E-state index in [9.17, 15) is 0 Å². The zero-order chi connectivity index (χ0) is 33.2. The lowest BCUT2D eigenvalue weighted by Gasteiger charge is -2.12. The van der Waals surface area contributed by atoms with Crippen molar-refractivity contribution in [3.63, 3.8) is 0 Å². The van der Waals surface area contributed by atoms with Gasteiger partial charge in [0.15, 0.2) is 0 Å². The van der Waals surface area contributed by atoms with Crippen LogP contribution in [0.3, 0.4) is 0 Å². The van der Waals surface area contributed by atoms with Crippen molar-refractivity contribution in [2.75, 3.05) is 0 Å². The van der Waals surface area contributed by atoms with Crippen LogP contribution in [-0.2, 0) is 0 Å². The first-order valence-electron chi connectivity index (χ1n) is 17.3. The lowest BCUT2D eigenvalue weighted by molar-refractivity contribution is 0.791. The minimum Gasteiger partial charge on any atom is -0.252 e. The molecule has 50 heavy (non-hydrogen) atoms. The quantitative estimate of drug-likeness (QED) is 0.176. The van der Waals surface area contributed by atoms with E-state index in [0.717, 1.165) is 45.0 Å². The third kappa shape index (κ3) is 4.69. The molecule has 3 heteroatoms. The van der Waals surface area contributed by atoms with Crippen LogP contribution in [0.25, 0.3) is 93.4 Å². The Morgan fingerprint density at radius 2 is 1.12 bits per heavy atom. The summed E-state index contributed by atoms with van der Waals surface area (Å²) in [5.41, 5.74) is 12.6. The van der Waals surface area contributed by atoms with E-state index >= 15 is 0 Å². The molecular weight excluding hydrogens is 625 g/mol. The van der Waals surface area contributed by atoms with E-state index in [1.807, 2.05) is 17.5 Å². The second kappa shape index (κ2) is 11.6. The molecule has 9 aromatic rings. The first-order valence-corrected chi connectivity index (χ1v) is 18.1. The molecule has 10 rings (SSSR count). The van der Waals surface area contributed by atoms with Crippen LogP contribution in [0, 0.1) is 0 Å². The topological polar surface area (TPSA) is 25.8 Å². The maximum atomic E-state index is 5.22. The standard InChI is InChI=1S/C47H32N2S/c1-29-10-6-20-41-42-21-9-19-36(47(42)50-46(29)41)34-13-7-11-32(26-34)30-22-24-31(25-23-30)33-12-8-14-35(27-33)43-28-48-44-39-17-4-2-15-37(39)38-16-3-5-18-40(38)45(44)49-43/h2-9,11-29H,10H2,1H3. The van der Waals surface area contributed by atoms with Gasteiger partial charge in [-0.2, -0.15) is 0 Å². The van der Waals surface area contributed by atoms with Crippen molar-refractivity contribution in [3.8, 4) is 44.6 Å². The van der Waals surface area contributed by atoms with Crippen LogP contribution in [0.15, 0.2) is 152 Å². The Morgan fingerprint density at radius 1 is 0.540 bits per heavy atom. The highest BCUT2D eigenvalue weighted by Gasteiger charge is 2.20. The van der Waals surface area contributed by atoms with Gasteiger partial charge < -0.3 is 0 Å². The van der Waals surface area contributed by atoms with Crippen LogP contribution in [0.5, 0.6) is 0 Å². The molecule has 0 saturated carbocycles. The maximum absolute atomic E-state index is 5.22. The van der Waals surface area contributed by atoms with Gasteiger partial charge in [-0.1, -0.05) is 146 Å². The van der Waals surface area contributed by atoms with Crippen molar-refractivity contribution < 1.29 is 0 Å². The first-order chi connectivity index (χ1) is 24.7. The van der Waals surface area contributed by atoms with Crippen LogP contribution in [0.2, 0.25) is 0 Å². The summed E-state index contributed by atoms with van der Waals surface area (Å²) in [5.74, 6) is 0.576. The lowest BCUT2D eigenvalue weighted by Crippen LogP contribution is -1.94. The van der Waals surface area contributed by atoms with Gasteiger partial charge in [0.1, 0.15) is 0 Å². The second-order valence-corrected chi connectivity index (χ2v) is 14.4. The summed E-state index contributed by atoms with van der Waals surface area (Å²) in [6.07, 6.45) is 7.69. The van der Waals surface area contributed by atoms with Gasteiger partial charge in [0.05, 0.1) is 22.9 Å². The largest absolute Gasteiger partial charge is 0.252 e. The van der Waals surface area contributed by atoms with Gasteiger partial charge in [0, 0.05) is 31.3 Å². The second-order valence-electron chi connectivity index (χ2n) is 13.4. The summed E-state index contributed by atoms with van der Waals surface area (Å²) < 4.78 is 1.39. The molecule has 0 spiro atoms. The van der Waals surface area contributed by atoms with Gasteiger partial charge in [0.25, 0.3) is 0 Å². The van der Waals surface area contributed by atoms with Crippen molar-refractivity contribution in [3.05, 3.63) is 162 Å². The number of aromatic nitrogens is 2. The van der Waals surface area contributed by atoms with Gasteiger partial charge in [-0.15, -0.1) is 11.3 Å². The van der Waals surface area contributed by atoms with Crippen molar-refractivity contribution >= 4 is 60.1 Å². The fraction of sp³-hybridized carbons (Fsp3) is 0.0638. The molecule has 0 saturated heterocycles. The zero-order valence-corrected chi connectivity index (χ0v) is 28.4. The molecule has 2 heterocycles. The molecule has 2 aromatic heterocycles. The van der Waals surface area contributed by atoms with Crippen LogP contribution in [0.4, 0.5) is 0 Å². The molecule has 0 fully saturated rings. The monoisotopic (exact) mass is 656 g/mol. The molecule has 2 nitrogen and oxygen atoms in total. The Balaban J connectivity index is 0.986. The van der Waals surface area contributed by atoms with Crippen molar-refractivity contribution in [1.29, 1.82) is 0 Å². The molecule has 0 N–H and O–H groups in total. The molecule has 0 radical (unpaired) electrons. The average molecular weight is 657 g/mol. The third-order valence-corrected chi connectivity index (χ3v) is 11.8. The number of fused-ring (bicyclic) bond motifs is 9. The number of rotatable bonds is 4. The summed E-state index contributed by atoms with van der Waals surface area (Å²) in [7, 11) is 0. The van der Waals surface area contributed by atoms with E-state index in [-0.39, 0.29) is 0 Å². The number of benzene rings is 7. The highest BCUT2D eigenvalue weighted by molar-refractivity contribution is 7.20. The van der Waals surface area contributed by atoms with Crippen molar-refractivity contribution in [2.24, 2.45) is 0 Å². The zero-order valence-electron chi connectivity index (χ0n) is 27.6. The molecule has 1 aliphatic rings. The van der Waals surface area contributed by atoms with E-state index in [1.165, 1.54) is 59.1 Å². The number of hydrogen-bond donors (Lipinski definition) is 0. The normalized spacial score (nSPS) is 14.1. The summed E-state index contributed by atoms with van der Waals surface area (Å²) in [6, 6.07) is 50.4. The fourth-order valence-electron chi connectivity index (χ4n) is 7.76. The fourth-order valence-corrected chi connectivity index (χ4v) is 9.15. The molecule has 236 valence electrons. The van der Waals surface area contributed by atoms with E-state index in [0.29, 0.717) is 5.92 Å². The lowest BCUT2D eigenvalue weighted by atomic mass is 9.93. The van der Waals surface area contributed by atoms with E-state index in [1.54, 1.807) is 0 Å². The third-order valence-electron chi connectivity index (χ3n) is 10.3. The molecule has 0 aliphatic heterocycles. The van der Waals surface area contributed by atoms with Crippen LogP contribution < -0.4 is 0 Å². The highest BCUT2D eigenvalue weighted by Crippen LogP contribution is 2.45. The van der Waals surface area contributed by atoms with Gasteiger partial charge in [-0.3, -0.25) is 4.98 Å². The highest BCUT2D eigenvalue weighted by atomic mass is 32.1. The van der Waals surface area contributed by atoms with E-state index < -0.39 is 0 Å². The Hall–Kier alpha value is -5.90. The van der Waals surface area contributed by atoms with Crippen LogP contribution >= 0.6 is 11.3 Å². The summed E-state index contributed by atoms with van der Waals surface area (Å²) >= 11 is 1.97. The van der Waals surface area contributed by atoms with E-state index in [4.69, 9.17) is 9.97 Å². The molecule has 0 amide bonds. The van der Waals surface area contributed by atoms with Crippen LogP contribution in [0.1, 0.15) is 29.7 Å². The Bertz CT molecular complexity index is 2770. The minimum absolute atomic E-state index is 0.576. The van der Waals surface area contributed by atoms with Crippen molar-refractivity contribution in [1.82, 2.24) is 9.97 Å². The van der Waals surface area contributed by atoms with Crippen LogP contribution in [-0.4, -0.2) is 9.97 Å². The first kappa shape index (κ1) is 29.1. The van der Waals surface area contributed by atoms with Gasteiger partial charge in [0.2, 0.25) is 0 Å². The van der Waals surface area contributed by atoms with E-state index in [2.05, 4.69) is 159 Å². The average Bonchev–Trinajstić information content (AvgIpc) is 3.58. The molecular formula is C47H32N2S. The smallest absolute Gasteiger partial charge is 0.0979 e. The maximum Gasteiger partial charge on any atom is 0.0979 e. The summed E-state index contributed by atoms with van der Waals surface area (Å²) in [6.45, 7) is 2.35. The number of thiophene rings is 1. The molecule has 1 atom stereocenters.